The summed E-state index contributed by atoms with van der Waals surface area (Å²) in [4.78, 5) is 27.1. The van der Waals surface area contributed by atoms with Gasteiger partial charge in [-0.15, -0.1) is 0 Å². The maximum Gasteiger partial charge on any atom is 0.316 e. The number of aliphatic imine (C=N–C) groups is 1. The molecule has 0 bridgehead atoms. The molecule has 1 atom stereocenters. The van der Waals surface area contributed by atoms with Crippen molar-refractivity contribution >= 4 is 17.5 Å². The molecular weight excluding hydrogens is 410 g/mol. The van der Waals surface area contributed by atoms with Crippen LogP contribution in [0.3, 0.4) is 0 Å². The molecular formula is C28H25N3O2. The van der Waals surface area contributed by atoms with Crippen molar-refractivity contribution in [3.63, 3.8) is 0 Å². The quantitative estimate of drug-likeness (QED) is 0.291. The Morgan fingerprint density at radius 1 is 0.818 bits per heavy atom. The molecule has 0 saturated heterocycles. The molecule has 4 rings (SSSR count). The van der Waals surface area contributed by atoms with Crippen molar-refractivity contribution in [2.45, 2.75) is 18.8 Å². The summed E-state index contributed by atoms with van der Waals surface area (Å²) in [6, 6.07) is 29.3. The average molecular weight is 436 g/mol. The zero-order chi connectivity index (χ0) is 23.1. The van der Waals surface area contributed by atoms with E-state index in [1.165, 1.54) is 7.11 Å². The summed E-state index contributed by atoms with van der Waals surface area (Å²) in [6.07, 6.45) is 3.77. The van der Waals surface area contributed by atoms with Crippen LogP contribution in [0.5, 0.6) is 0 Å². The van der Waals surface area contributed by atoms with Crippen molar-refractivity contribution in [2.24, 2.45) is 4.99 Å². The second-order valence-corrected chi connectivity index (χ2v) is 7.89. The van der Waals surface area contributed by atoms with Gasteiger partial charge in [-0.3, -0.25) is 9.78 Å². The molecule has 0 spiro atoms. The standard InChI is InChI=1S/C28H25N3O2/c1-28(27(32)33-2,20-23-16-9-10-18-29-23)24-17-11-19-30-26(24)31-25(21-12-5-3-6-13-21)22-14-7-4-8-15-22/h3-19H,20H2,1-2H3. The Hall–Kier alpha value is -4.12. The van der Waals surface area contributed by atoms with E-state index in [1.54, 1.807) is 12.4 Å². The van der Waals surface area contributed by atoms with Crippen molar-refractivity contribution < 1.29 is 9.53 Å². The van der Waals surface area contributed by atoms with Gasteiger partial charge in [-0.05, 0) is 25.1 Å². The maximum atomic E-state index is 13.1. The largest absolute Gasteiger partial charge is 0.468 e. The van der Waals surface area contributed by atoms with Crippen LogP contribution in [0.15, 0.2) is 108 Å². The van der Waals surface area contributed by atoms with Crippen LogP contribution in [0, 0.1) is 0 Å². The van der Waals surface area contributed by atoms with Gasteiger partial charge >= 0.3 is 5.97 Å². The first-order chi connectivity index (χ1) is 16.1. The number of carbonyl (C=O) groups is 1. The molecule has 4 aromatic rings. The summed E-state index contributed by atoms with van der Waals surface area (Å²) in [5.41, 5.74) is 3.16. The van der Waals surface area contributed by atoms with E-state index in [4.69, 9.17) is 9.73 Å². The Morgan fingerprint density at radius 3 is 2.00 bits per heavy atom. The lowest BCUT2D eigenvalue weighted by atomic mass is 9.78. The monoisotopic (exact) mass is 435 g/mol. The number of carbonyl (C=O) groups excluding carboxylic acids is 1. The summed E-state index contributed by atoms with van der Waals surface area (Å²) in [6.45, 7) is 1.86. The van der Waals surface area contributed by atoms with Gasteiger partial charge in [-0.25, -0.2) is 9.98 Å². The number of hydrogen-bond acceptors (Lipinski definition) is 5. The lowest BCUT2D eigenvalue weighted by molar-refractivity contribution is -0.147. The molecule has 0 radical (unpaired) electrons. The fourth-order valence-electron chi connectivity index (χ4n) is 3.88. The van der Waals surface area contributed by atoms with Crippen molar-refractivity contribution in [1.29, 1.82) is 0 Å². The fourth-order valence-corrected chi connectivity index (χ4v) is 3.88. The number of benzene rings is 2. The summed E-state index contributed by atoms with van der Waals surface area (Å²) in [5.74, 6) is 0.114. The number of hydrogen-bond donors (Lipinski definition) is 0. The zero-order valence-electron chi connectivity index (χ0n) is 18.7. The van der Waals surface area contributed by atoms with Crippen molar-refractivity contribution in [3.8, 4) is 0 Å². The molecule has 33 heavy (non-hydrogen) atoms. The van der Waals surface area contributed by atoms with Gasteiger partial charge in [0.15, 0.2) is 5.82 Å². The molecule has 5 nitrogen and oxygen atoms in total. The van der Waals surface area contributed by atoms with E-state index in [1.807, 2.05) is 97.9 Å². The van der Waals surface area contributed by atoms with Crippen LogP contribution in [0.25, 0.3) is 0 Å². The molecule has 0 aliphatic carbocycles. The van der Waals surface area contributed by atoms with Gasteiger partial charge in [-0.2, -0.15) is 0 Å². The predicted octanol–water partition coefficient (Wildman–Crippen LogP) is 5.32. The first kappa shape index (κ1) is 22.1. The smallest absolute Gasteiger partial charge is 0.316 e. The van der Waals surface area contributed by atoms with E-state index in [0.717, 1.165) is 22.5 Å². The Bertz CT molecular complexity index is 1200. The van der Waals surface area contributed by atoms with Crippen LogP contribution in [0.4, 0.5) is 5.82 Å². The van der Waals surface area contributed by atoms with E-state index in [9.17, 15) is 4.79 Å². The lowest BCUT2D eigenvalue weighted by Crippen LogP contribution is -2.36. The molecule has 0 saturated carbocycles. The van der Waals surface area contributed by atoms with Crippen LogP contribution in [-0.2, 0) is 21.4 Å². The Morgan fingerprint density at radius 2 is 1.42 bits per heavy atom. The topological polar surface area (TPSA) is 64.4 Å². The highest BCUT2D eigenvalue weighted by molar-refractivity contribution is 6.14. The minimum atomic E-state index is -1.02. The van der Waals surface area contributed by atoms with Crippen LogP contribution in [0.2, 0.25) is 0 Å². The number of nitrogens with zero attached hydrogens (tertiary/aromatic N) is 3. The fraction of sp³-hybridized carbons (Fsp3) is 0.143. The third kappa shape index (κ3) is 4.88. The first-order valence-electron chi connectivity index (χ1n) is 10.7. The number of pyridine rings is 2. The van der Waals surface area contributed by atoms with Gasteiger partial charge in [0.1, 0.15) is 0 Å². The molecule has 0 fully saturated rings. The highest BCUT2D eigenvalue weighted by Crippen LogP contribution is 2.35. The molecule has 0 aliphatic heterocycles. The Labute approximate surface area is 193 Å². The van der Waals surface area contributed by atoms with Crippen LogP contribution in [0.1, 0.15) is 29.3 Å². The van der Waals surface area contributed by atoms with Crippen LogP contribution < -0.4 is 0 Å². The van der Waals surface area contributed by atoms with Gasteiger partial charge in [0.05, 0.1) is 18.2 Å². The highest BCUT2D eigenvalue weighted by atomic mass is 16.5. The number of methoxy groups -OCH3 is 1. The predicted molar refractivity (Wildman–Crippen MR) is 130 cm³/mol. The molecule has 5 heteroatoms. The first-order valence-corrected chi connectivity index (χ1v) is 10.7. The van der Waals surface area contributed by atoms with Crippen molar-refractivity contribution in [3.05, 3.63) is 126 Å². The highest BCUT2D eigenvalue weighted by Gasteiger charge is 2.39. The normalized spacial score (nSPS) is 12.4. The van der Waals surface area contributed by atoms with Gasteiger partial charge in [0.2, 0.25) is 0 Å². The number of esters is 1. The van der Waals surface area contributed by atoms with Crippen LogP contribution in [-0.4, -0.2) is 28.8 Å². The maximum absolute atomic E-state index is 13.1. The third-order valence-electron chi connectivity index (χ3n) is 5.59. The zero-order valence-corrected chi connectivity index (χ0v) is 18.7. The third-order valence-corrected chi connectivity index (χ3v) is 5.59. The molecule has 0 amide bonds. The summed E-state index contributed by atoms with van der Waals surface area (Å²) in [7, 11) is 1.40. The van der Waals surface area contributed by atoms with Crippen molar-refractivity contribution in [2.75, 3.05) is 7.11 Å². The van der Waals surface area contributed by atoms with E-state index < -0.39 is 5.41 Å². The molecule has 1 unspecified atom stereocenters. The SMILES string of the molecule is COC(=O)C(C)(Cc1ccccn1)c1cccnc1N=C(c1ccccc1)c1ccccc1. The Balaban J connectivity index is 1.89. The molecule has 164 valence electrons. The van der Waals surface area contributed by atoms with Crippen LogP contribution >= 0.6 is 0 Å². The number of aromatic nitrogens is 2. The molecule has 2 heterocycles. The van der Waals surface area contributed by atoms with Crippen molar-refractivity contribution in [1.82, 2.24) is 9.97 Å². The van der Waals surface area contributed by atoms with E-state index in [-0.39, 0.29) is 5.97 Å². The van der Waals surface area contributed by atoms with E-state index >= 15 is 0 Å². The van der Waals surface area contributed by atoms with E-state index in [2.05, 4.69) is 9.97 Å². The molecule has 2 aromatic carbocycles. The number of ether oxygens (including phenoxy) is 1. The Kier molecular flexibility index (Phi) is 6.69. The van der Waals surface area contributed by atoms with E-state index in [0.29, 0.717) is 17.8 Å². The average Bonchev–Trinajstić information content (AvgIpc) is 2.88. The molecule has 0 aliphatic rings. The van der Waals surface area contributed by atoms with Gasteiger partial charge in [0.25, 0.3) is 0 Å². The lowest BCUT2D eigenvalue weighted by Gasteiger charge is -2.27. The van der Waals surface area contributed by atoms with Gasteiger partial charge in [-0.1, -0.05) is 72.8 Å². The minimum absolute atomic E-state index is 0.362. The summed E-state index contributed by atoms with van der Waals surface area (Å²) >= 11 is 0. The summed E-state index contributed by atoms with van der Waals surface area (Å²) in [5, 5.41) is 0. The second kappa shape index (κ2) is 10.0. The molecule has 2 aromatic heterocycles. The summed E-state index contributed by atoms with van der Waals surface area (Å²) < 4.78 is 5.23. The minimum Gasteiger partial charge on any atom is -0.468 e. The molecule has 0 N–H and O–H groups in total. The van der Waals surface area contributed by atoms with Gasteiger partial charge < -0.3 is 4.74 Å². The number of rotatable bonds is 7. The second-order valence-electron chi connectivity index (χ2n) is 7.89. The van der Waals surface area contributed by atoms with Gasteiger partial charge in [0, 0.05) is 41.2 Å².